The van der Waals surface area contributed by atoms with Gasteiger partial charge in [0.25, 0.3) is 11.8 Å². The molecule has 12 nitrogen and oxygen atoms in total. The number of methoxy groups -OCH3 is 2. The number of amides is 2. The zero-order chi connectivity index (χ0) is 40.1. The van der Waals surface area contributed by atoms with Gasteiger partial charge in [0.15, 0.2) is 0 Å². The van der Waals surface area contributed by atoms with Gasteiger partial charge in [0.2, 0.25) is 0 Å². The highest BCUT2D eigenvalue weighted by Gasteiger charge is 2.26. The molecule has 0 aliphatic heterocycles. The minimum atomic E-state index is -0.810. The number of carbonyl (C=O) groups excluding carboxylic acids is 3. The predicted octanol–water partition coefficient (Wildman–Crippen LogP) is 7.98. The number of aromatic nitrogens is 2. The van der Waals surface area contributed by atoms with Crippen molar-refractivity contribution in [3.05, 3.63) is 101 Å². The highest BCUT2D eigenvalue weighted by atomic mass is 16.6. The fourth-order valence-corrected chi connectivity index (χ4v) is 5.72. The maximum Gasteiger partial charge on any atom is 0.339 e. The Balaban J connectivity index is 1.48. The zero-order valence-corrected chi connectivity index (χ0v) is 33.2. The van der Waals surface area contributed by atoms with Gasteiger partial charge in [-0.25, -0.2) is 14.8 Å². The normalized spacial score (nSPS) is 11.5. The van der Waals surface area contributed by atoms with Crippen molar-refractivity contribution >= 4 is 45.9 Å². The van der Waals surface area contributed by atoms with Crippen molar-refractivity contribution in [1.29, 1.82) is 0 Å². The van der Waals surface area contributed by atoms with Crippen LogP contribution in [0.15, 0.2) is 79.0 Å². The second-order valence-electron chi connectivity index (χ2n) is 15.5. The van der Waals surface area contributed by atoms with Crippen LogP contribution in [0.3, 0.4) is 0 Å². The Morgan fingerprint density at radius 1 is 0.800 bits per heavy atom. The van der Waals surface area contributed by atoms with Gasteiger partial charge in [0, 0.05) is 67.2 Å². The first kappa shape index (κ1) is 40.0. The van der Waals surface area contributed by atoms with Crippen molar-refractivity contribution in [2.24, 2.45) is 5.41 Å². The van der Waals surface area contributed by atoms with E-state index in [9.17, 15) is 14.4 Å². The summed E-state index contributed by atoms with van der Waals surface area (Å²) in [5, 5.41) is 11.1. The fourth-order valence-electron chi connectivity index (χ4n) is 5.72. The van der Waals surface area contributed by atoms with E-state index in [2.05, 4.69) is 20.9 Å². The minimum absolute atomic E-state index is 0.0894. The number of anilines is 3. The number of fused-ring (bicyclic) bond motifs is 1. The molecule has 0 aliphatic carbocycles. The molecule has 2 amide bonds. The summed E-state index contributed by atoms with van der Waals surface area (Å²) in [7, 11) is 6.88. The minimum Gasteiger partial charge on any atom is -0.497 e. The van der Waals surface area contributed by atoms with Crippen LogP contribution < -0.4 is 30.3 Å². The summed E-state index contributed by atoms with van der Waals surface area (Å²) in [6, 6.07) is 21.4. The second kappa shape index (κ2) is 16.5. The zero-order valence-electron chi connectivity index (χ0n) is 33.2. The predicted molar refractivity (Wildman–Crippen MR) is 218 cm³/mol. The van der Waals surface area contributed by atoms with Gasteiger partial charge in [0.05, 0.1) is 19.8 Å². The van der Waals surface area contributed by atoms with Gasteiger partial charge in [-0.05, 0) is 97.8 Å². The third-order valence-electron chi connectivity index (χ3n) is 8.49. The monoisotopic (exact) mass is 746 g/mol. The third-order valence-corrected chi connectivity index (χ3v) is 8.49. The molecule has 5 rings (SSSR count). The Morgan fingerprint density at radius 2 is 1.55 bits per heavy atom. The number of carbonyl (C=O) groups is 3. The van der Waals surface area contributed by atoms with Crippen molar-refractivity contribution in [1.82, 2.24) is 15.3 Å². The maximum atomic E-state index is 14.2. The molecule has 3 aromatic carbocycles. The average molecular weight is 747 g/mol. The molecule has 0 fully saturated rings. The van der Waals surface area contributed by atoms with Crippen molar-refractivity contribution in [3.8, 4) is 22.6 Å². The summed E-state index contributed by atoms with van der Waals surface area (Å²) >= 11 is 0. The molecule has 0 bridgehead atoms. The topological polar surface area (TPSA) is 144 Å². The van der Waals surface area contributed by atoms with Crippen molar-refractivity contribution < 1.29 is 28.6 Å². The first-order chi connectivity index (χ1) is 26.0. The molecule has 55 heavy (non-hydrogen) atoms. The summed E-state index contributed by atoms with van der Waals surface area (Å²) in [5.74, 6) is 1.16. The fraction of sp³-hybridized carbons (Fsp3) is 0.326. The van der Waals surface area contributed by atoms with Gasteiger partial charge in [-0.1, -0.05) is 26.8 Å². The molecular weight excluding hydrogens is 697 g/mol. The lowest BCUT2D eigenvalue weighted by Crippen LogP contribution is -2.32. The molecule has 3 N–H and O–H groups in total. The van der Waals surface area contributed by atoms with Crippen LogP contribution in [0.1, 0.15) is 78.3 Å². The van der Waals surface area contributed by atoms with Gasteiger partial charge < -0.3 is 35.1 Å². The van der Waals surface area contributed by atoms with E-state index in [1.54, 1.807) is 76.4 Å². The lowest BCUT2D eigenvalue weighted by atomic mass is 9.94. The van der Waals surface area contributed by atoms with E-state index in [1.165, 1.54) is 6.07 Å². The van der Waals surface area contributed by atoms with E-state index in [0.29, 0.717) is 58.6 Å². The number of nitrogens with zero attached hydrogens (tertiary/aromatic N) is 3. The molecule has 5 aromatic rings. The Morgan fingerprint density at radius 3 is 2.22 bits per heavy atom. The lowest BCUT2D eigenvalue weighted by Gasteiger charge is -2.22. The van der Waals surface area contributed by atoms with Gasteiger partial charge >= 0.3 is 5.97 Å². The Labute approximate surface area is 322 Å². The van der Waals surface area contributed by atoms with Gasteiger partial charge in [-0.2, -0.15) is 0 Å². The van der Waals surface area contributed by atoms with E-state index in [1.807, 2.05) is 71.3 Å². The molecule has 0 saturated heterocycles. The van der Waals surface area contributed by atoms with Crippen LogP contribution in [0.5, 0.6) is 11.5 Å². The number of hydrogen-bond donors (Lipinski definition) is 3. The third kappa shape index (κ3) is 10.1. The van der Waals surface area contributed by atoms with Crippen LogP contribution in [0.4, 0.5) is 17.3 Å². The molecule has 0 radical (unpaired) electrons. The van der Waals surface area contributed by atoms with Gasteiger partial charge in [-0.15, -0.1) is 0 Å². The van der Waals surface area contributed by atoms with Crippen LogP contribution in [0.2, 0.25) is 0 Å². The molecule has 0 spiro atoms. The van der Waals surface area contributed by atoms with E-state index in [0.717, 1.165) is 16.3 Å². The molecule has 0 unspecified atom stereocenters. The number of pyridine rings is 2. The molecule has 0 saturated carbocycles. The molecule has 12 heteroatoms. The second-order valence-corrected chi connectivity index (χ2v) is 15.5. The maximum absolute atomic E-state index is 14.2. The smallest absolute Gasteiger partial charge is 0.339 e. The van der Waals surface area contributed by atoms with Crippen LogP contribution in [0, 0.1) is 5.41 Å². The van der Waals surface area contributed by atoms with Crippen LogP contribution >= 0.6 is 0 Å². The summed E-state index contributed by atoms with van der Waals surface area (Å²) in [6.45, 7) is 12.3. The lowest BCUT2D eigenvalue weighted by molar-refractivity contribution is 0.00702. The van der Waals surface area contributed by atoms with Crippen molar-refractivity contribution in [2.75, 3.05) is 50.4 Å². The first-order valence-electron chi connectivity index (χ1n) is 18.0. The molecule has 2 heterocycles. The quantitative estimate of drug-likeness (QED) is 0.108. The molecular formula is C43H50N6O6. The number of rotatable bonds is 12. The van der Waals surface area contributed by atoms with Gasteiger partial charge in [0.1, 0.15) is 34.4 Å². The number of hydrogen-bond acceptors (Lipinski definition) is 10. The van der Waals surface area contributed by atoms with Crippen LogP contribution in [0.25, 0.3) is 21.9 Å². The van der Waals surface area contributed by atoms with E-state index < -0.39 is 17.5 Å². The molecule has 2 aromatic heterocycles. The van der Waals surface area contributed by atoms with E-state index >= 15 is 0 Å². The average Bonchev–Trinajstić information content (AvgIpc) is 3.14. The molecule has 288 valence electrons. The van der Waals surface area contributed by atoms with Gasteiger partial charge in [-0.3, -0.25) is 9.59 Å². The van der Waals surface area contributed by atoms with E-state index in [4.69, 9.17) is 19.2 Å². The standard InChI is InChI=1S/C43H50N6O6/c1-42(2,3)25-46-39(50)27-12-15-32(34(22-27)41(52)55-43(4,5)6)33-17-18-36(49(7)8)48-37(33)40(51)47-29-13-16-31-26(21-29)19-20-44-38(31)45-24-28-11-14-30(53-9)23-35(28)54-10/h11-23H,24-25H2,1-10H3,(H,44,45)(H,46,50)(H,47,51). The highest BCUT2D eigenvalue weighted by molar-refractivity contribution is 6.11. The Kier molecular flexibility index (Phi) is 12.0. The number of esters is 1. The first-order valence-corrected chi connectivity index (χ1v) is 18.0. The number of ether oxygens (including phenoxy) is 3. The Hall–Kier alpha value is -6.17. The van der Waals surface area contributed by atoms with Crippen molar-refractivity contribution in [3.63, 3.8) is 0 Å². The van der Waals surface area contributed by atoms with Crippen LogP contribution in [-0.4, -0.2) is 68.2 Å². The number of nitrogens with one attached hydrogen (secondary N) is 3. The number of benzene rings is 3. The molecule has 0 atom stereocenters. The van der Waals surface area contributed by atoms with Crippen LogP contribution in [-0.2, 0) is 11.3 Å². The SMILES string of the molecule is COc1ccc(CNc2nccc3cc(NC(=O)c4nc(N(C)C)ccc4-c4ccc(C(=O)NCC(C)(C)C)cc4C(=O)OC(C)(C)C)ccc23)c(OC)c1. The van der Waals surface area contributed by atoms with E-state index in [-0.39, 0.29) is 22.6 Å². The summed E-state index contributed by atoms with van der Waals surface area (Å²) in [5.41, 5.74) is 1.84. The largest absolute Gasteiger partial charge is 0.497 e. The van der Waals surface area contributed by atoms with Crippen molar-refractivity contribution in [2.45, 2.75) is 53.7 Å². The highest BCUT2D eigenvalue weighted by Crippen LogP contribution is 2.33. The summed E-state index contributed by atoms with van der Waals surface area (Å²) in [4.78, 5) is 52.2. The Bertz CT molecular complexity index is 2220. The summed E-state index contributed by atoms with van der Waals surface area (Å²) in [6.07, 6.45) is 1.70. The molecule has 0 aliphatic rings. The summed E-state index contributed by atoms with van der Waals surface area (Å²) < 4.78 is 16.7.